The lowest BCUT2D eigenvalue weighted by atomic mass is 10.3. The molecule has 1 N–H and O–H groups in total. The van der Waals surface area contributed by atoms with Gasteiger partial charge in [0.2, 0.25) is 0 Å². The smallest absolute Gasteiger partial charge is 0.306 e. The Hall–Kier alpha value is -3.03. The SMILES string of the molecule is COc1ccc(OCCCC(=O)OCC(=O)Nc2ccon2)cc1. The Kier molecular flexibility index (Phi) is 6.63. The van der Waals surface area contributed by atoms with Crippen molar-refractivity contribution < 1.29 is 28.3 Å². The summed E-state index contributed by atoms with van der Waals surface area (Å²) in [4.78, 5) is 23.0. The summed E-state index contributed by atoms with van der Waals surface area (Å²) in [6, 6.07) is 8.63. The molecule has 0 aliphatic rings. The van der Waals surface area contributed by atoms with Crippen molar-refractivity contribution >= 4 is 17.7 Å². The summed E-state index contributed by atoms with van der Waals surface area (Å²) < 4.78 is 20.0. The maximum absolute atomic E-state index is 11.5. The highest BCUT2D eigenvalue weighted by Gasteiger charge is 2.09. The third-order valence-electron chi connectivity index (χ3n) is 2.92. The molecular formula is C16H18N2O6. The van der Waals surface area contributed by atoms with Gasteiger partial charge in [0.1, 0.15) is 17.8 Å². The van der Waals surface area contributed by atoms with E-state index in [-0.39, 0.29) is 18.8 Å². The molecule has 1 amide bonds. The molecule has 8 nitrogen and oxygen atoms in total. The van der Waals surface area contributed by atoms with Crippen molar-refractivity contribution in [1.29, 1.82) is 0 Å². The number of hydrogen-bond donors (Lipinski definition) is 1. The Morgan fingerprint density at radius 2 is 1.92 bits per heavy atom. The van der Waals surface area contributed by atoms with Crippen LogP contribution < -0.4 is 14.8 Å². The fourth-order valence-electron chi connectivity index (χ4n) is 1.75. The molecule has 0 aliphatic carbocycles. The van der Waals surface area contributed by atoms with E-state index in [1.54, 1.807) is 31.4 Å². The number of nitrogens with zero attached hydrogens (tertiary/aromatic N) is 1. The van der Waals surface area contributed by atoms with Crippen LogP contribution in [-0.4, -0.2) is 37.4 Å². The van der Waals surface area contributed by atoms with Crippen LogP contribution in [0.25, 0.3) is 0 Å². The van der Waals surface area contributed by atoms with Crippen LogP contribution >= 0.6 is 0 Å². The molecule has 0 unspecified atom stereocenters. The quantitative estimate of drug-likeness (QED) is 0.553. The first-order valence-corrected chi connectivity index (χ1v) is 7.30. The molecule has 24 heavy (non-hydrogen) atoms. The molecule has 1 heterocycles. The van der Waals surface area contributed by atoms with Crippen molar-refractivity contribution in [3.63, 3.8) is 0 Å². The Balaban J connectivity index is 1.56. The number of anilines is 1. The van der Waals surface area contributed by atoms with Gasteiger partial charge in [0, 0.05) is 12.5 Å². The third-order valence-corrected chi connectivity index (χ3v) is 2.92. The maximum atomic E-state index is 11.5. The van der Waals surface area contributed by atoms with Crippen molar-refractivity contribution in [3.05, 3.63) is 36.6 Å². The second-order valence-electron chi connectivity index (χ2n) is 4.72. The fraction of sp³-hybridized carbons (Fsp3) is 0.312. The van der Waals surface area contributed by atoms with Crippen molar-refractivity contribution in [2.45, 2.75) is 12.8 Å². The van der Waals surface area contributed by atoms with E-state index in [0.717, 1.165) is 5.75 Å². The first-order valence-electron chi connectivity index (χ1n) is 7.30. The minimum absolute atomic E-state index is 0.160. The van der Waals surface area contributed by atoms with E-state index in [4.69, 9.17) is 14.2 Å². The van der Waals surface area contributed by atoms with Crippen LogP contribution in [-0.2, 0) is 14.3 Å². The number of amides is 1. The molecule has 8 heteroatoms. The summed E-state index contributed by atoms with van der Waals surface area (Å²) in [5.74, 6) is 0.755. The molecule has 0 radical (unpaired) electrons. The first-order chi connectivity index (χ1) is 11.7. The van der Waals surface area contributed by atoms with Crippen molar-refractivity contribution in [2.24, 2.45) is 0 Å². The average Bonchev–Trinajstić information content (AvgIpc) is 3.10. The van der Waals surface area contributed by atoms with Gasteiger partial charge >= 0.3 is 5.97 Å². The number of ether oxygens (including phenoxy) is 3. The summed E-state index contributed by atoms with van der Waals surface area (Å²) in [6.45, 7) is -0.00239. The highest BCUT2D eigenvalue weighted by Crippen LogP contribution is 2.17. The number of carbonyl (C=O) groups is 2. The normalized spacial score (nSPS) is 10.0. The molecule has 2 aromatic rings. The summed E-state index contributed by atoms with van der Waals surface area (Å²) in [5.41, 5.74) is 0. The molecule has 1 aromatic carbocycles. The molecule has 0 spiro atoms. The zero-order chi connectivity index (χ0) is 17.2. The lowest BCUT2D eigenvalue weighted by molar-refractivity contribution is -0.147. The van der Waals surface area contributed by atoms with E-state index >= 15 is 0 Å². The standard InChI is InChI=1S/C16H18N2O6/c1-21-12-4-6-13(7-5-12)22-9-2-3-16(20)23-11-15(19)17-14-8-10-24-18-14/h4-8,10H,2-3,9,11H2,1H3,(H,17,18,19). The lowest BCUT2D eigenvalue weighted by Crippen LogP contribution is -2.21. The highest BCUT2D eigenvalue weighted by atomic mass is 16.5. The molecule has 0 aliphatic heterocycles. The number of carbonyl (C=O) groups excluding carboxylic acids is 2. The van der Waals surface area contributed by atoms with Gasteiger partial charge in [-0.15, -0.1) is 0 Å². The van der Waals surface area contributed by atoms with Gasteiger partial charge in [-0.3, -0.25) is 9.59 Å². The van der Waals surface area contributed by atoms with Crippen LogP contribution in [0.2, 0.25) is 0 Å². The molecule has 0 fully saturated rings. The van der Waals surface area contributed by atoms with E-state index in [1.807, 2.05) is 0 Å². The van der Waals surface area contributed by atoms with Gasteiger partial charge in [-0.05, 0) is 30.7 Å². The third kappa shape index (κ3) is 5.99. The van der Waals surface area contributed by atoms with E-state index < -0.39 is 11.9 Å². The summed E-state index contributed by atoms with van der Waals surface area (Å²) in [7, 11) is 1.59. The molecule has 0 atom stereocenters. The second kappa shape index (κ2) is 9.19. The van der Waals surface area contributed by atoms with Crippen LogP contribution in [0, 0.1) is 0 Å². The zero-order valence-corrected chi connectivity index (χ0v) is 13.2. The number of methoxy groups -OCH3 is 1. The molecule has 1 aromatic heterocycles. The van der Waals surface area contributed by atoms with Gasteiger partial charge in [-0.2, -0.15) is 0 Å². The molecule has 0 bridgehead atoms. The number of rotatable bonds is 9. The van der Waals surface area contributed by atoms with E-state index in [9.17, 15) is 9.59 Å². The van der Waals surface area contributed by atoms with Gasteiger partial charge in [0.15, 0.2) is 12.4 Å². The predicted molar refractivity (Wildman–Crippen MR) is 83.8 cm³/mol. The Labute approximate surface area is 138 Å². The van der Waals surface area contributed by atoms with E-state index in [0.29, 0.717) is 18.8 Å². The van der Waals surface area contributed by atoms with E-state index in [2.05, 4.69) is 15.0 Å². The molecule has 2 rings (SSSR count). The van der Waals surface area contributed by atoms with Crippen LogP contribution in [0.3, 0.4) is 0 Å². The van der Waals surface area contributed by atoms with Crippen molar-refractivity contribution in [1.82, 2.24) is 5.16 Å². The molecular weight excluding hydrogens is 316 g/mol. The Bertz CT molecular complexity index is 639. The van der Waals surface area contributed by atoms with Gasteiger partial charge in [0.25, 0.3) is 5.91 Å². The average molecular weight is 334 g/mol. The van der Waals surface area contributed by atoms with Gasteiger partial charge in [-0.1, -0.05) is 5.16 Å². The largest absolute Gasteiger partial charge is 0.497 e. The minimum Gasteiger partial charge on any atom is -0.497 e. The zero-order valence-electron chi connectivity index (χ0n) is 13.2. The summed E-state index contributed by atoms with van der Waals surface area (Å²) >= 11 is 0. The number of aromatic nitrogens is 1. The minimum atomic E-state index is -0.480. The highest BCUT2D eigenvalue weighted by molar-refractivity contribution is 5.91. The number of nitrogens with one attached hydrogen (secondary N) is 1. The van der Waals surface area contributed by atoms with Gasteiger partial charge in [0.05, 0.1) is 13.7 Å². The van der Waals surface area contributed by atoms with E-state index in [1.165, 1.54) is 12.3 Å². The number of benzene rings is 1. The fourth-order valence-corrected chi connectivity index (χ4v) is 1.75. The summed E-state index contributed by atoms with van der Waals surface area (Å²) in [5, 5.41) is 5.93. The van der Waals surface area contributed by atoms with Gasteiger partial charge < -0.3 is 24.1 Å². The van der Waals surface area contributed by atoms with Crippen molar-refractivity contribution in [2.75, 3.05) is 25.6 Å². The first kappa shape index (κ1) is 17.3. The Morgan fingerprint density at radius 1 is 1.17 bits per heavy atom. The monoisotopic (exact) mass is 334 g/mol. The lowest BCUT2D eigenvalue weighted by Gasteiger charge is -2.07. The topological polar surface area (TPSA) is 99.9 Å². The molecule has 0 saturated heterocycles. The number of hydrogen-bond acceptors (Lipinski definition) is 7. The molecule has 128 valence electrons. The number of esters is 1. The molecule has 0 saturated carbocycles. The maximum Gasteiger partial charge on any atom is 0.306 e. The Morgan fingerprint density at radius 3 is 2.58 bits per heavy atom. The van der Waals surface area contributed by atoms with Crippen molar-refractivity contribution in [3.8, 4) is 11.5 Å². The second-order valence-corrected chi connectivity index (χ2v) is 4.72. The van der Waals surface area contributed by atoms with Crippen LogP contribution in [0.5, 0.6) is 11.5 Å². The van der Waals surface area contributed by atoms with Crippen LogP contribution in [0.4, 0.5) is 5.82 Å². The van der Waals surface area contributed by atoms with Crippen LogP contribution in [0.15, 0.2) is 41.1 Å². The predicted octanol–water partition coefficient (Wildman–Crippen LogP) is 2.02. The van der Waals surface area contributed by atoms with Crippen LogP contribution in [0.1, 0.15) is 12.8 Å². The van der Waals surface area contributed by atoms with Gasteiger partial charge in [-0.25, -0.2) is 0 Å². The summed E-state index contributed by atoms with van der Waals surface area (Å²) in [6.07, 6.45) is 1.97.